The van der Waals surface area contributed by atoms with Crippen LogP contribution in [0.2, 0.25) is 0 Å². The van der Waals surface area contributed by atoms with E-state index in [0.717, 1.165) is 35.7 Å². The van der Waals surface area contributed by atoms with Gasteiger partial charge in [-0.25, -0.2) is 4.39 Å². The van der Waals surface area contributed by atoms with Crippen LogP contribution >= 0.6 is 15.9 Å². The normalized spacial score (nSPS) is 24.0. The van der Waals surface area contributed by atoms with Crippen LogP contribution in [0.4, 0.5) is 4.39 Å². The molecule has 1 aromatic rings. The Kier molecular flexibility index (Phi) is 6.03. The number of nitrogens with one attached hydrogen (secondary N) is 1. The molecule has 0 saturated heterocycles. The molecule has 3 atom stereocenters. The minimum Gasteiger partial charge on any atom is -0.313 e. The molecule has 0 spiro atoms. The predicted octanol–water partition coefficient (Wildman–Crippen LogP) is 4.94. The molecule has 112 valence electrons. The first-order valence-corrected chi connectivity index (χ1v) is 8.58. The summed E-state index contributed by atoms with van der Waals surface area (Å²) in [7, 11) is 0. The molecular weight excluding hydrogens is 317 g/mol. The van der Waals surface area contributed by atoms with Crippen LogP contribution in [0.3, 0.4) is 0 Å². The molecule has 0 bridgehead atoms. The van der Waals surface area contributed by atoms with Gasteiger partial charge in [0.1, 0.15) is 5.82 Å². The van der Waals surface area contributed by atoms with Crippen LogP contribution in [0.5, 0.6) is 0 Å². The maximum Gasteiger partial charge on any atom is 0.124 e. The summed E-state index contributed by atoms with van der Waals surface area (Å²) in [5.74, 6) is 1.37. The molecule has 0 radical (unpaired) electrons. The van der Waals surface area contributed by atoms with E-state index in [2.05, 4.69) is 35.1 Å². The molecule has 3 heteroatoms. The zero-order valence-electron chi connectivity index (χ0n) is 12.5. The van der Waals surface area contributed by atoms with Crippen molar-refractivity contribution in [3.8, 4) is 0 Å². The summed E-state index contributed by atoms with van der Waals surface area (Å²) in [6.45, 7) is 5.64. The lowest BCUT2D eigenvalue weighted by Crippen LogP contribution is -2.39. The van der Waals surface area contributed by atoms with E-state index < -0.39 is 0 Å². The Bertz CT molecular complexity index is 435. The van der Waals surface area contributed by atoms with Crippen molar-refractivity contribution < 1.29 is 4.39 Å². The molecule has 3 unspecified atom stereocenters. The maximum absolute atomic E-state index is 13.2. The van der Waals surface area contributed by atoms with Crippen molar-refractivity contribution in [2.75, 3.05) is 6.54 Å². The largest absolute Gasteiger partial charge is 0.313 e. The lowest BCUT2D eigenvalue weighted by molar-refractivity contribution is 0.295. The highest BCUT2D eigenvalue weighted by Gasteiger charge is 2.30. The van der Waals surface area contributed by atoms with Crippen LogP contribution in [0.1, 0.15) is 45.1 Å². The van der Waals surface area contributed by atoms with E-state index in [1.807, 2.05) is 6.07 Å². The number of hydrogen-bond donors (Lipinski definition) is 1. The topological polar surface area (TPSA) is 12.0 Å². The van der Waals surface area contributed by atoms with E-state index in [0.29, 0.717) is 6.04 Å². The summed E-state index contributed by atoms with van der Waals surface area (Å²) in [6, 6.07) is 5.56. The molecular formula is C17H25BrFN. The molecule has 1 nitrogen and oxygen atoms in total. The highest BCUT2D eigenvalue weighted by atomic mass is 79.9. The van der Waals surface area contributed by atoms with Gasteiger partial charge in [0.25, 0.3) is 0 Å². The van der Waals surface area contributed by atoms with E-state index in [4.69, 9.17) is 0 Å². The van der Waals surface area contributed by atoms with E-state index in [1.165, 1.54) is 24.8 Å². The van der Waals surface area contributed by atoms with Gasteiger partial charge in [0, 0.05) is 10.5 Å². The molecule has 0 aromatic heterocycles. The smallest absolute Gasteiger partial charge is 0.124 e. The van der Waals surface area contributed by atoms with Crippen LogP contribution in [0.25, 0.3) is 0 Å². The van der Waals surface area contributed by atoms with Gasteiger partial charge in [-0.3, -0.25) is 0 Å². The zero-order chi connectivity index (χ0) is 14.5. The Morgan fingerprint density at radius 1 is 1.40 bits per heavy atom. The average Bonchev–Trinajstić information content (AvgIpc) is 2.83. The summed E-state index contributed by atoms with van der Waals surface area (Å²) in [5.41, 5.74) is 1.21. The molecule has 20 heavy (non-hydrogen) atoms. The quantitative estimate of drug-likeness (QED) is 0.772. The minimum absolute atomic E-state index is 0.173. The third kappa shape index (κ3) is 4.05. The molecule has 1 fully saturated rings. The van der Waals surface area contributed by atoms with Gasteiger partial charge in [0.2, 0.25) is 0 Å². The Hall–Kier alpha value is -0.410. The fourth-order valence-electron chi connectivity index (χ4n) is 3.40. The molecule has 1 saturated carbocycles. The summed E-state index contributed by atoms with van der Waals surface area (Å²) in [6.07, 6.45) is 6.15. The second kappa shape index (κ2) is 7.56. The third-order valence-corrected chi connectivity index (χ3v) is 5.29. The summed E-state index contributed by atoms with van der Waals surface area (Å²) >= 11 is 3.50. The fourth-order valence-corrected chi connectivity index (χ4v) is 3.91. The van der Waals surface area contributed by atoms with Crippen molar-refractivity contribution in [1.82, 2.24) is 5.32 Å². The Morgan fingerprint density at radius 2 is 2.20 bits per heavy atom. The van der Waals surface area contributed by atoms with E-state index in [9.17, 15) is 4.39 Å². The first kappa shape index (κ1) is 16.0. The first-order valence-electron chi connectivity index (χ1n) is 7.79. The third-order valence-electron chi connectivity index (χ3n) is 4.56. The molecule has 1 aromatic carbocycles. The van der Waals surface area contributed by atoms with E-state index in [-0.39, 0.29) is 5.82 Å². The number of benzene rings is 1. The zero-order valence-corrected chi connectivity index (χ0v) is 14.0. The molecule has 1 aliphatic carbocycles. The SMILES string of the molecule is CCCNC(Cc1ccc(F)cc1Br)C1CCCC1C. The lowest BCUT2D eigenvalue weighted by Gasteiger charge is -2.28. The minimum atomic E-state index is -0.173. The van der Waals surface area contributed by atoms with Crippen molar-refractivity contribution in [2.24, 2.45) is 11.8 Å². The Morgan fingerprint density at radius 3 is 2.80 bits per heavy atom. The van der Waals surface area contributed by atoms with Gasteiger partial charge in [0.05, 0.1) is 0 Å². The Labute approximate surface area is 130 Å². The van der Waals surface area contributed by atoms with Crippen LogP contribution < -0.4 is 5.32 Å². The van der Waals surface area contributed by atoms with Gasteiger partial charge in [-0.05, 0) is 55.3 Å². The monoisotopic (exact) mass is 341 g/mol. The summed E-state index contributed by atoms with van der Waals surface area (Å²) < 4.78 is 14.1. The van der Waals surface area contributed by atoms with Crippen molar-refractivity contribution in [3.63, 3.8) is 0 Å². The van der Waals surface area contributed by atoms with E-state index >= 15 is 0 Å². The molecule has 0 amide bonds. The Balaban J connectivity index is 2.10. The lowest BCUT2D eigenvalue weighted by atomic mass is 9.86. The van der Waals surface area contributed by atoms with Crippen LogP contribution in [-0.2, 0) is 6.42 Å². The molecule has 0 heterocycles. The molecule has 2 rings (SSSR count). The predicted molar refractivity (Wildman–Crippen MR) is 86.4 cm³/mol. The number of hydrogen-bond acceptors (Lipinski definition) is 1. The van der Waals surface area contributed by atoms with Crippen LogP contribution in [0, 0.1) is 17.7 Å². The van der Waals surface area contributed by atoms with Gasteiger partial charge >= 0.3 is 0 Å². The summed E-state index contributed by atoms with van der Waals surface area (Å²) in [4.78, 5) is 0. The average molecular weight is 342 g/mol. The maximum atomic E-state index is 13.2. The van der Waals surface area contributed by atoms with Gasteiger partial charge < -0.3 is 5.32 Å². The van der Waals surface area contributed by atoms with Gasteiger partial charge in [-0.1, -0.05) is 48.7 Å². The standard InChI is InChI=1S/C17H25BrFN/c1-3-9-20-17(15-6-4-5-12(15)2)10-13-7-8-14(19)11-16(13)18/h7-8,11-12,15,17,20H,3-6,9-10H2,1-2H3. The van der Waals surface area contributed by atoms with Crippen LogP contribution in [-0.4, -0.2) is 12.6 Å². The van der Waals surface area contributed by atoms with Crippen molar-refractivity contribution in [1.29, 1.82) is 0 Å². The van der Waals surface area contributed by atoms with Gasteiger partial charge in [0.15, 0.2) is 0 Å². The fraction of sp³-hybridized carbons (Fsp3) is 0.647. The highest BCUT2D eigenvalue weighted by molar-refractivity contribution is 9.10. The van der Waals surface area contributed by atoms with E-state index in [1.54, 1.807) is 12.1 Å². The molecule has 1 aliphatic rings. The highest BCUT2D eigenvalue weighted by Crippen LogP contribution is 2.35. The second-order valence-electron chi connectivity index (χ2n) is 6.07. The number of halogens is 2. The molecule has 1 N–H and O–H groups in total. The second-order valence-corrected chi connectivity index (χ2v) is 6.93. The first-order chi connectivity index (χ1) is 9.61. The van der Waals surface area contributed by atoms with Crippen molar-refractivity contribution in [2.45, 2.75) is 52.0 Å². The van der Waals surface area contributed by atoms with Gasteiger partial charge in [-0.15, -0.1) is 0 Å². The molecule has 0 aliphatic heterocycles. The summed E-state index contributed by atoms with van der Waals surface area (Å²) in [5, 5.41) is 3.72. The van der Waals surface area contributed by atoms with Gasteiger partial charge in [-0.2, -0.15) is 0 Å². The van der Waals surface area contributed by atoms with Crippen LogP contribution in [0.15, 0.2) is 22.7 Å². The van der Waals surface area contributed by atoms with Crippen molar-refractivity contribution in [3.05, 3.63) is 34.1 Å². The number of rotatable bonds is 6. The van der Waals surface area contributed by atoms with Crippen molar-refractivity contribution >= 4 is 15.9 Å².